The van der Waals surface area contributed by atoms with Gasteiger partial charge in [0.1, 0.15) is 11.4 Å². The van der Waals surface area contributed by atoms with Crippen LogP contribution in [0, 0.1) is 0 Å². The van der Waals surface area contributed by atoms with Crippen molar-refractivity contribution in [3.63, 3.8) is 0 Å². The normalized spacial score (nSPS) is 11.8. The Kier molecular flexibility index (Phi) is 6.88. The number of hydrogen-bond donors (Lipinski definition) is 2. The van der Waals surface area contributed by atoms with Gasteiger partial charge in [0, 0.05) is 18.6 Å². The van der Waals surface area contributed by atoms with E-state index < -0.39 is 10.0 Å². The SMILES string of the molecule is COc1c(NC(=O)c2cc3cccc(Oc4cccnc4)c3n2C)cc(C(C)(C)C)cc1NS(C)(=O)=O. The predicted molar refractivity (Wildman–Crippen MR) is 145 cm³/mol. The number of amides is 1. The highest BCUT2D eigenvalue weighted by Crippen LogP contribution is 2.39. The van der Waals surface area contributed by atoms with Gasteiger partial charge < -0.3 is 19.4 Å². The van der Waals surface area contributed by atoms with Crippen molar-refractivity contribution in [2.45, 2.75) is 26.2 Å². The first kappa shape index (κ1) is 26.0. The van der Waals surface area contributed by atoms with Gasteiger partial charge in [0.25, 0.3) is 5.91 Å². The highest BCUT2D eigenvalue weighted by atomic mass is 32.2. The molecule has 0 atom stereocenters. The van der Waals surface area contributed by atoms with Crippen LogP contribution in [0.4, 0.5) is 11.4 Å². The van der Waals surface area contributed by atoms with Crippen LogP contribution in [0.5, 0.6) is 17.2 Å². The van der Waals surface area contributed by atoms with Gasteiger partial charge in [0.15, 0.2) is 11.5 Å². The molecule has 0 unspecified atom stereocenters. The van der Waals surface area contributed by atoms with Gasteiger partial charge in [-0.1, -0.05) is 32.9 Å². The lowest BCUT2D eigenvalue weighted by Gasteiger charge is -2.24. The fourth-order valence-corrected chi connectivity index (χ4v) is 4.60. The summed E-state index contributed by atoms with van der Waals surface area (Å²) in [5, 5.41) is 3.74. The Morgan fingerprint density at radius 2 is 1.78 bits per heavy atom. The average Bonchev–Trinajstić information content (AvgIpc) is 3.15. The summed E-state index contributed by atoms with van der Waals surface area (Å²) in [6.45, 7) is 6.00. The van der Waals surface area contributed by atoms with Crippen molar-refractivity contribution in [1.82, 2.24) is 9.55 Å². The van der Waals surface area contributed by atoms with Gasteiger partial charge in [-0.15, -0.1) is 0 Å². The molecule has 9 nitrogen and oxygen atoms in total. The zero-order chi connectivity index (χ0) is 27.0. The largest absolute Gasteiger partial charge is 0.492 e. The second-order valence-corrected chi connectivity index (χ2v) is 11.5. The standard InChI is InChI=1S/C27H30N4O5S/c1-27(2,3)18-14-20(25(35-5)21(15-18)30-37(6,33)34)29-26(32)22-13-17-9-7-11-23(24(17)31(22)4)36-19-10-8-12-28-16-19/h7-16,30H,1-6H3,(H,29,32). The van der Waals surface area contributed by atoms with E-state index in [0.717, 1.165) is 22.7 Å². The number of rotatable bonds is 7. The Labute approximate surface area is 216 Å². The van der Waals surface area contributed by atoms with Crippen molar-refractivity contribution in [2.24, 2.45) is 7.05 Å². The van der Waals surface area contributed by atoms with Gasteiger partial charge in [-0.2, -0.15) is 0 Å². The molecule has 0 radical (unpaired) electrons. The maximum atomic E-state index is 13.5. The molecule has 0 saturated heterocycles. The molecule has 0 aliphatic carbocycles. The lowest BCUT2D eigenvalue weighted by atomic mass is 9.86. The number of carbonyl (C=O) groups excluding carboxylic acids is 1. The van der Waals surface area contributed by atoms with Crippen LogP contribution in [0.15, 0.2) is 60.9 Å². The van der Waals surface area contributed by atoms with E-state index in [9.17, 15) is 13.2 Å². The number of carbonyl (C=O) groups is 1. The molecule has 4 aromatic rings. The summed E-state index contributed by atoms with van der Waals surface area (Å²) in [5.74, 6) is 0.989. The Balaban J connectivity index is 1.76. The third-order valence-corrected chi connectivity index (χ3v) is 6.41. The molecule has 4 rings (SSSR count). The second kappa shape index (κ2) is 9.78. The van der Waals surface area contributed by atoms with E-state index in [1.54, 1.807) is 54.3 Å². The summed E-state index contributed by atoms with van der Waals surface area (Å²) < 4.78 is 39.9. The predicted octanol–water partition coefficient (Wildman–Crippen LogP) is 5.30. The molecular formula is C27H30N4O5S. The first-order valence-electron chi connectivity index (χ1n) is 11.6. The summed E-state index contributed by atoms with van der Waals surface area (Å²) in [4.78, 5) is 17.6. The van der Waals surface area contributed by atoms with Crippen LogP contribution in [0.1, 0.15) is 36.8 Å². The Morgan fingerprint density at radius 1 is 1.05 bits per heavy atom. The van der Waals surface area contributed by atoms with E-state index in [1.807, 2.05) is 39.0 Å². The van der Waals surface area contributed by atoms with Crippen LogP contribution in [0.25, 0.3) is 10.9 Å². The number of sulfonamides is 1. The molecule has 0 bridgehead atoms. The van der Waals surface area contributed by atoms with E-state index in [1.165, 1.54) is 7.11 Å². The number of hydrogen-bond acceptors (Lipinski definition) is 6. The Bertz CT molecular complexity index is 1570. The zero-order valence-electron chi connectivity index (χ0n) is 21.6. The molecule has 2 aromatic heterocycles. The molecule has 0 spiro atoms. The van der Waals surface area contributed by atoms with E-state index in [0.29, 0.717) is 22.9 Å². The smallest absolute Gasteiger partial charge is 0.272 e. The minimum absolute atomic E-state index is 0.214. The lowest BCUT2D eigenvalue weighted by molar-refractivity contribution is 0.101. The van der Waals surface area contributed by atoms with Crippen molar-refractivity contribution in [3.8, 4) is 17.2 Å². The monoisotopic (exact) mass is 522 g/mol. The fourth-order valence-electron chi connectivity index (χ4n) is 4.05. The zero-order valence-corrected chi connectivity index (χ0v) is 22.4. The number of aromatic nitrogens is 2. The van der Waals surface area contributed by atoms with Gasteiger partial charge in [-0.3, -0.25) is 14.5 Å². The van der Waals surface area contributed by atoms with Crippen molar-refractivity contribution in [2.75, 3.05) is 23.4 Å². The molecule has 2 aromatic carbocycles. The topological polar surface area (TPSA) is 112 Å². The van der Waals surface area contributed by atoms with Crippen molar-refractivity contribution < 1.29 is 22.7 Å². The quantitative estimate of drug-likeness (QED) is 0.341. The first-order valence-corrected chi connectivity index (χ1v) is 13.4. The number of fused-ring (bicyclic) bond motifs is 1. The van der Waals surface area contributed by atoms with Crippen LogP contribution in [0.3, 0.4) is 0 Å². The minimum Gasteiger partial charge on any atom is -0.492 e. The molecule has 1 amide bonds. The van der Waals surface area contributed by atoms with Crippen molar-refractivity contribution >= 4 is 38.2 Å². The van der Waals surface area contributed by atoms with E-state index >= 15 is 0 Å². The number of anilines is 2. The summed E-state index contributed by atoms with van der Waals surface area (Å²) in [6.07, 6.45) is 4.35. The summed E-state index contributed by atoms with van der Waals surface area (Å²) in [6, 6.07) is 14.5. The maximum Gasteiger partial charge on any atom is 0.272 e. The van der Waals surface area contributed by atoms with Crippen LogP contribution in [-0.2, 0) is 22.5 Å². The summed E-state index contributed by atoms with van der Waals surface area (Å²) in [5.41, 5.74) is 2.22. The van der Waals surface area contributed by atoms with Gasteiger partial charge in [0.2, 0.25) is 10.0 Å². The molecule has 0 fully saturated rings. The third-order valence-electron chi connectivity index (χ3n) is 5.82. The molecule has 37 heavy (non-hydrogen) atoms. The molecule has 0 aliphatic rings. The molecular weight excluding hydrogens is 492 g/mol. The number of para-hydroxylation sites is 1. The highest BCUT2D eigenvalue weighted by Gasteiger charge is 2.24. The second-order valence-electron chi connectivity index (χ2n) is 9.76. The van der Waals surface area contributed by atoms with Crippen molar-refractivity contribution in [1.29, 1.82) is 0 Å². The molecule has 10 heteroatoms. The highest BCUT2D eigenvalue weighted by molar-refractivity contribution is 7.92. The number of nitrogens with zero attached hydrogens (tertiary/aromatic N) is 2. The Morgan fingerprint density at radius 3 is 2.41 bits per heavy atom. The number of nitrogens with one attached hydrogen (secondary N) is 2. The molecule has 0 aliphatic heterocycles. The third kappa shape index (κ3) is 5.69. The van der Waals surface area contributed by atoms with E-state index in [2.05, 4.69) is 15.0 Å². The number of benzene rings is 2. The van der Waals surface area contributed by atoms with Gasteiger partial charge >= 0.3 is 0 Å². The average molecular weight is 523 g/mol. The van der Waals surface area contributed by atoms with Gasteiger partial charge in [-0.25, -0.2) is 8.42 Å². The molecule has 2 heterocycles. The van der Waals surface area contributed by atoms with Gasteiger partial charge in [0.05, 0.1) is 36.5 Å². The van der Waals surface area contributed by atoms with Crippen LogP contribution in [-0.4, -0.2) is 37.2 Å². The molecule has 194 valence electrons. The van der Waals surface area contributed by atoms with Gasteiger partial charge in [-0.05, 0) is 47.4 Å². The molecule has 0 saturated carbocycles. The van der Waals surface area contributed by atoms with Crippen LogP contribution in [0.2, 0.25) is 0 Å². The maximum absolute atomic E-state index is 13.5. The fraction of sp³-hybridized carbons (Fsp3) is 0.259. The summed E-state index contributed by atoms with van der Waals surface area (Å²) >= 11 is 0. The number of pyridine rings is 1. The number of ether oxygens (including phenoxy) is 2. The van der Waals surface area contributed by atoms with E-state index in [4.69, 9.17) is 9.47 Å². The van der Waals surface area contributed by atoms with E-state index in [-0.39, 0.29) is 22.8 Å². The Hall–Kier alpha value is -4.05. The van der Waals surface area contributed by atoms with Crippen molar-refractivity contribution in [3.05, 3.63) is 72.2 Å². The van der Waals surface area contributed by atoms with Crippen LogP contribution < -0.4 is 19.5 Å². The number of aryl methyl sites for hydroxylation is 1. The number of methoxy groups -OCH3 is 1. The lowest BCUT2D eigenvalue weighted by Crippen LogP contribution is -2.19. The summed E-state index contributed by atoms with van der Waals surface area (Å²) in [7, 11) is -0.380. The minimum atomic E-state index is -3.59. The first-order chi connectivity index (χ1) is 17.4. The van der Waals surface area contributed by atoms with Crippen LogP contribution >= 0.6 is 0 Å². The molecule has 2 N–H and O–H groups in total.